The molecule has 0 spiro atoms. The zero-order valence-corrected chi connectivity index (χ0v) is 48.4. The minimum atomic E-state index is -4.33. The first-order valence-electron chi connectivity index (χ1n) is 30.7. The van der Waals surface area contributed by atoms with Gasteiger partial charge in [0, 0.05) is 6.42 Å². The van der Waals surface area contributed by atoms with Gasteiger partial charge in [-0.25, -0.2) is 4.57 Å². The first-order chi connectivity index (χ1) is 34.0. The number of hydrogen-bond acceptors (Lipinski definition) is 5. The van der Waals surface area contributed by atoms with E-state index in [1.807, 2.05) is 27.2 Å². The number of unbranched alkanes of at least 4 members (excludes halogenated alkanes) is 42. The van der Waals surface area contributed by atoms with E-state index in [0.717, 1.165) is 38.5 Å². The van der Waals surface area contributed by atoms with Gasteiger partial charge in [-0.3, -0.25) is 13.8 Å². The second-order valence-electron chi connectivity index (χ2n) is 22.4. The summed E-state index contributed by atoms with van der Waals surface area (Å²) in [6.07, 6.45) is 67.7. The zero-order valence-electron chi connectivity index (χ0n) is 47.5. The van der Waals surface area contributed by atoms with Crippen LogP contribution in [0.3, 0.4) is 0 Å². The molecular weight excluding hydrogens is 888 g/mol. The Labute approximate surface area is 436 Å². The molecule has 0 aliphatic heterocycles. The maximum absolute atomic E-state index is 12.9. The molecule has 9 heteroatoms. The molecule has 0 radical (unpaired) electrons. The highest BCUT2D eigenvalue weighted by molar-refractivity contribution is 7.47. The molecule has 0 aliphatic carbocycles. The SMILES string of the molecule is CCCCCCCCC/C=C/C(O)C(COP(=O)(O)OCC[N+](C)(C)C)NC(=O)CCCCCCCCCCCCCCCCCCC/C=C\CCCCCCCCCCCCCCCCCCCC. The third-order valence-electron chi connectivity index (χ3n) is 14.2. The topological polar surface area (TPSA) is 105 Å². The summed E-state index contributed by atoms with van der Waals surface area (Å²) in [4.78, 5) is 23.2. The highest BCUT2D eigenvalue weighted by Gasteiger charge is 2.27. The van der Waals surface area contributed by atoms with E-state index in [-0.39, 0.29) is 19.1 Å². The molecular formula is C61H122N2O6P+. The van der Waals surface area contributed by atoms with E-state index in [1.165, 1.54) is 250 Å². The number of allylic oxidation sites excluding steroid dienone is 3. The van der Waals surface area contributed by atoms with Crippen LogP contribution in [0, 0.1) is 0 Å². The van der Waals surface area contributed by atoms with Crippen LogP contribution in [-0.2, 0) is 18.4 Å². The lowest BCUT2D eigenvalue weighted by Crippen LogP contribution is -2.45. The van der Waals surface area contributed by atoms with Crippen LogP contribution in [0.15, 0.2) is 24.3 Å². The largest absolute Gasteiger partial charge is 0.472 e. The molecule has 0 bridgehead atoms. The fourth-order valence-corrected chi connectivity index (χ4v) is 10.1. The van der Waals surface area contributed by atoms with Crippen molar-refractivity contribution < 1.29 is 32.9 Å². The number of amides is 1. The van der Waals surface area contributed by atoms with E-state index in [1.54, 1.807) is 6.08 Å². The van der Waals surface area contributed by atoms with Gasteiger partial charge in [0.1, 0.15) is 13.2 Å². The maximum Gasteiger partial charge on any atom is 0.472 e. The van der Waals surface area contributed by atoms with Crippen LogP contribution >= 0.6 is 7.82 Å². The third kappa shape index (κ3) is 54.7. The van der Waals surface area contributed by atoms with Crippen LogP contribution < -0.4 is 5.32 Å². The number of aliphatic hydroxyl groups excluding tert-OH is 1. The molecule has 0 aromatic heterocycles. The minimum Gasteiger partial charge on any atom is -0.387 e. The standard InChI is InChI=1S/C61H121N2O6P/c1-6-8-10-12-14-16-17-18-19-20-21-22-23-24-25-26-27-28-29-30-31-32-33-34-35-36-37-38-39-40-41-42-43-44-45-47-49-51-53-55-61(65)62-59(58-69-70(66,67)68-57-56-63(3,4)5)60(64)54-52-50-48-46-15-13-11-9-7-2/h30-31,52,54,59-60,64H,6-29,32-51,53,55-58H2,1-5H3,(H-,62,65,66,67)/p+1/b31-30-,54-52+. The molecule has 0 saturated carbocycles. The van der Waals surface area contributed by atoms with Crippen LogP contribution in [-0.4, -0.2) is 73.4 Å². The summed E-state index contributed by atoms with van der Waals surface area (Å²) in [5.41, 5.74) is 0. The summed E-state index contributed by atoms with van der Waals surface area (Å²) in [5, 5.41) is 13.8. The number of phosphoric ester groups is 1. The number of likely N-dealkylation sites (N-methyl/N-ethyl adjacent to an activating group) is 1. The van der Waals surface area contributed by atoms with Gasteiger partial charge < -0.3 is 19.8 Å². The van der Waals surface area contributed by atoms with Crippen molar-refractivity contribution in [1.82, 2.24) is 5.32 Å². The quantitative estimate of drug-likeness (QED) is 0.0243. The molecule has 3 atom stereocenters. The summed E-state index contributed by atoms with van der Waals surface area (Å²) >= 11 is 0. The molecule has 0 heterocycles. The van der Waals surface area contributed by atoms with Crippen molar-refractivity contribution in [1.29, 1.82) is 0 Å². The second-order valence-corrected chi connectivity index (χ2v) is 23.9. The molecule has 3 N–H and O–H groups in total. The van der Waals surface area contributed by atoms with Crippen molar-refractivity contribution in [3.8, 4) is 0 Å². The lowest BCUT2D eigenvalue weighted by Gasteiger charge is -2.25. The Balaban J connectivity index is 3.78. The van der Waals surface area contributed by atoms with E-state index in [9.17, 15) is 19.4 Å². The lowest BCUT2D eigenvalue weighted by molar-refractivity contribution is -0.870. The van der Waals surface area contributed by atoms with Gasteiger partial charge in [-0.1, -0.05) is 282 Å². The maximum atomic E-state index is 12.9. The molecule has 3 unspecified atom stereocenters. The Morgan fingerprint density at radius 3 is 1.10 bits per heavy atom. The summed E-state index contributed by atoms with van der Waals surface area (Å²) < 4.78 is 23.6. The van der Waals surface area contributed by atoms with Crippen LogP contribution in [0.1, 0.15) is 309 Å². The van der Waals surface area contributed by atoms with E-state index >= 15 is 0 Å². The molecule has 0 aromatic rings. The molecule has 0 aliphatic rings. The number of nitrogens with zero attached hydrogens (tertiary/aromatic N) is 1. The molecule has 70 heavy (non-hydrogen) atoms. The highest BCUT2D eigenvalue weighted by Crippen LogP contribution is 2.43. The van der Waals surface area contributed by atoms with Crippen LogP contribution in [0.25, 0.3) is 0 Å². The molecule has 8 nitrogen and oxygen atoms in total. The predicted octanol–water partition coefficient (Wildman–Crippen LogP) is 18.8. The Bertz CT molecular complexity index is 1190. The van der Waals surface area contributed by atoms with Crippen molar-refractivity contribution in [2.75, 3.05) is 40.9 Å². The van der Waals surface area contributed by atoms with Gasteiger partial charge in [0.15, 0.2) is 0 Å². The minimum absolute atomic E-state index is 0.0632. The number of phosphoric acid groups is 1. The van der Waals surface area contributed by atoms with Gasteiger partial charge in [-0.15, -0.1) is 0 Å². The molecule has 0 rings (SSSR count). The monoisotopic (exact) mass is 1010 g/mol. The van der Waals surface area contributed by atoms with Gasteiger partial charge >= 0.3 is 7.82 Å². The lowest BCUT2D eigenvalue weighted by atomic mass is 10.0. The van der Waals surface area contributed by atoms with Gasteiger partial charge in [-0.05, 0) is 44.9 Å². The number of nitrogens with one attached hydrogen (secondary N) is 1. The molecule has 416 valence electrons. The van der Waals surface area contributed by atoms with Crippen LogP contribution in [0.5, 0.6) is 0 Å². The normalized spacial score (nSPS) is 14.0. The number of carbonyl (C=O) groups is 1. The molecule has 0 saturated heterocycles. The van der Waals surface area contributed by atoms with Crippen molar-refractivity contribution in [2.45, 2.75) is 321 Å². The van der Waals surface area contributed by atoms with Crippen LogP contribution in [0.4, 0.5) is 0 Å². The van der Waals surface area contributed by atoms with Crippen LogP contribution in [0.2, 0.25) is 0 Å². The summed E-state index contributed by atoms with van der Waals surface area (Å²) in [5.74, 6) is -0.175. The Morgan fingerprint density at radius 2 is 0.771 bits per heavy atom. The number of carbonyl (C=O) groups excluding carboxylic acids is 1. The molecule has 1 amide bonds. The van der Waals surface area contributed by atoms with E-state index < -0.39 is 20.0 Å². The molecule has 0 aromatic carbocycles. The summed E-state index contributed by atoms with van der Waals surface area (Å²) in [6.45, 7) is 4.81. The highest BCUT2D eigenvalue weighted by atomic mass is 31.2. The number of quaternary nitrogens is 1. The zero-order chi connectivity index (χ0) is 51.3. The van der Waals surface area contributed by atoms with Gasteiger partial charge in [0.05, 0.1) is 39.9 Å². The summed E-state index contributed by atoms with van der Waals surface area (Å²) in [7, 11) is 1.58. The van der Waals surface area contributed by atoms with Gasteiger partial charge in [0.2, 0.25) is 5.91 Å². The van der Waals surface area contributed by atoms with Gasteiger partial charge in [-0.2, -0.15) is 0 Å². The first-order valence-corrected chi connectivity index (χ1v) is 32.2. The first kappa shape index (κ1) is 69.0. The fourth-order valence-electron chi connectivity index (χ4n) is 9.33. The average molecular weight is 1010 g/mol. The van der Waals surface area contributed by atoms with Crippen molar-refractivity contribution >= 4 is 13.7 Å². The Hall–Kier alpha value is -1.02. The number of rotatable bonds is 57. The summed E-state index contributed by atoms with van der Waals surface area (Å²) in [6, 6.07) is -0.842. The fraction of sp³-hybridized carbons (Fsp3) is 0.918. The van der Waals surface area contributed by atoms with Crippen molar-refractivity contribution in [3.63, 3.8) is 0 Å². The molecule has 0 fully saturated rings. The van der Waals surface area contributed by atoms with E-state index in [4.69, 9.17) is 9.05 Å². The van der Waals surface area contributed by atoms with Gasteiger partial charge in [0.25, 0.3) is 0 Å². The number of aliphatic hydroxyl groups is 1. The third-order valence-corrected chi connectivity index (χ3v) is 15.1. The Kier molecular flexibility index (Phi) is 52.1. The van der Waals surface area contributed by atoms with E-state index in [0.29, 0.717) is 17.4 Å². The second kappa shape index (κ2) is 52.8. The number of hydrogen-bond donors (Lipinski definition) is 3. The van der Waals surface area contributed by atoms with Crippen molar-refractivity contribution in [2.24, 2.45) is 0 Å². The Morgan fingerprint density at radius 1 is 0.471 bits per heavy atom. The average Bonchev–Trinajstić information content (AvgIpc) is 3.32. The predicted molar refractivity (Wildman–Crippen MR) is 305 cm³/mol. The van der Waals surface area contributed by atoms with E-state index in [2.05, 4.69) is 31.3 Å². The van der Waals surface area contributed by atoms with Crippen molar-refractivity contribution in [3.05, 3.63) is 24.3 Å². The smallest absolute Gasteiger partial charge is 0.387 e.